The van der Waals surface area contributed by atoms with Crippen LogP contribution in [-0.4, -0.2) is 59.9 Å². The molecular weight excluding hydrogens is 350 g/mol. The number of imide groups is 1. The number of carbonyl (C=O) groups is 3. The number of carbonyl (C=O) groups excluding carboxylic acids is 3. The van der Waals surface area contributed by atoms with E-state index in [2.05, 4.69) is 23.5 Å². The normalized spacial score (nSPS) is 21.5. The van der Waals surface area contributed by atoms with Crippen LogP contribution < -0.4 is 10.2 Å². The highest BCUT2D eigenvalue weighted by atomic mass is 32.2. The summed E-state index contributed by atoms with van der Waals surface area (Å²) in [4.78, 5) is 37.9. The molecular formula is C19H24N3O3S+. The molecule has 1 unspecified atom stereocenters. The minimum absolute atomic E-state index is 0.0386. The maximum atomic E-state index is 12.4. The summed E-state index contributed by atoms with van der Waals surface area (Å²) in [5.74, 6) is -0.0113. The predicted octanol–water partition coefficient (Wildman–Crippen LogP) is 0.559. The number of rotatable bonds is 6. The van der Waals surface area contributed by atoms with E-state index in [1.54, 1.807) is 0 Å². The topological polar surface area (TPSA) is 70.9 Å². The summed E-state index contributed by atoms with van der Waals surface area (Å²) in [6, 6.07) is 10.2. The number of benzene rings is 1. The number of nitrogens with one attached hydrogen (secondary N) is 2. The standard InChI is InChI=1S/C19H23N3O3S/c1-14(18(24)20-9-12-22-17(23)13-26-19(22)25)21-10-7-16(8-11-21)15-5-3-2-4-6-15/h2-7,14H,8-13H2,1H3,(H,20,24)/p+1/t14-/m0/s1. The van der Waals surface area contributed by atoms with Crippen molar-refractivity contribution in [1.29, 1.82) is 0 Å². The summed E-state index contributed by atoms with van der Waals surface area (Å²) in [6.07, 6.45) is 3.17. The molecule has 2 aliphatic rings. The van der Waals surface area contributed by atoms with Crippen molar-refractivity contribution in [2.45, 2.75) is 19.4 Å². The van der Waals surface area contributed by atoms with Crippen LogP contribution in [0.4, 0.5) is 4.79 Å². The summed E-state index contributed by atoms with van der Waals surface area (Å²) in [5.41, 5.74) is 2.59. The second kappa shape index (κ2) is 8.51. The maximum absolute atomic E-state index is 12.4. The number of amides is 3. The van der Waals surface area contributed by atoms with Crippen molar-refractivity contribution in [3.8, 4) is 0 Å². The molecule has 138 valence electrons. The van der Waals surface area contributed by atoms with Gasteiger partial charge >= 0.3 is 0 Å². The van der Waals surface area contributed by atoms with Crippen molar-refractivity contribution >= 4 is 34.4 Å². The number of hydrogen-bond donors (Lipinski definition) is 2. The zero-order valence-corrected chi connectivity index (χ0v) is 15.7. The van der Waals surface area contributed by atoms with Gasteiger partial charge in [0.2, 0.25) is 5.91 Å². The molecule has 1 saturated heterocycles. The second-order valence-electron chi connectivity index (χ2n) is 6.57. The minimum atomic E-state index is -0.225. The molecule has 0 aliphatic carbocycles. The van der Waals surface area contributed by atoms with Gasteiger partial charge in [-0.05, 0) is 24.1 Å². The van der Waals surface area contributed by atoms with Gasteiger partial charge in [-0.1, -0.05) is 42.1 Å². The lowest BCUT2D eigenvalue weighted by Crippen LogP contribution is -3.17. The molecule has 0 bridgehead atoms. The predicted molar refractivity (Wildman–Crippen MR) is 102 cm³/mol. The van der Waals surface area contributed by atoms with Gasteiger partial charge in [-0.25, -0.2) is 0 Å². The number of nitrogens with zero attached hydrogens (tertiary/aromatic N) is 1. The van der Waals surface area contributed by atoms with Crippen molar-refractivity contribution < 1.29 is 19.3 Å². The third-order valence-electron chi connectivity index (χ3n) is 4.95. The van der Waals surface area contributed by atoms with Gasteiger partial charge in [0.25, 0.3) is 11.1 Å². The van der Waals surface area contributed by atoms with E-state index in [0.717, 1.165) is 31.3 Å². The van der Waals surface area contributed by atoms with E-state index in [1.807, 2.05) is 25.1 Å². The fraction of sp³-hybridized carbons (Fsp3) is 0.421. The molecule has 0 radical (unpaired) electrons. The highest BCUT2D eigenvalue weighted by Gasteiger charge is 2.30. The molecule has 2 N–H and O–H groups in total. The van der Waals surface area contributed by atoms with Gasteiger partial charge in [-0.2, -0.15) is 0 Å². The van der Waals surface area contributed by atoms with Gasteiger partial charge in [-0.15, -0.1) is 0 Å². The Morgan fingerprint density at radius 2 is 2.08 bits per heavy atom. The van der Waals surface area contributed by atoms with E-state index in [1.165, 1.54) is 20.9 Å². The van der Waals surface area contributed by atoms with Gasteiger partial charge in [0.05, 0.1) is 18.8 Å². The lowest BCUT2D eigenvalue weighted by atomic mass is 9.99. The first-order chi connectivity index (χ1) is 12.6. The number of hydrogen-bond acceptors (Lipinski definition) is 4. The van der Waals surface area contributed by atoms with E-state index >= 15 is 0 Å². The first-order valence-electron chi connectivity index (χ1n) is 8.90. The zero-order chi connectivity index (χ0) is 18.5. The van der Waals surface area contributed by atoms with E-state index in [9.17, 15) is 14.4 Å². The molecule has 1 aromatic carbocycles. The van der Waals surface area contributed by atoms with Crippen LogP contribution in [-0.2, 0) is 9.59 Å². The molecule has 0 saturated carbocycles. The Kier molecular flexibility index (Phi) is 6.11. The fourth-order valence-corrected chi connectivity index (χ4v) is 4.04. The van der Waals surface area contributed by atoms with Crippen molar-refractivity contribution in [2.75, 3.05) is 31.9 Å². The molecule has 1 aromatic rings. The summed E-state index contributed by atoms with van der Waals surface area (Å²) in [6.45, 7) is 4.21. The summed E-state index contributed by atoms with van der Waals surface area (Å²) in [7, 11) is 0. The number of thioether (sulfide) groups is 1. The van der Waals surface area contributed by atoms with E-state index < -0.39 is 0 Å². The molecule has 2 atom stereocenters. The van der Waals surface area contributed by atoms with E-state index in [0.29, 0.717) is 6.54 Å². The fourth-order valence-electron chi connectivity index (χ4n) is 3.29. The van der Waals surface area contributed by atoms with Crippen molar-refractivity contribution in [2.24, 2.45) is 0 Å². The summed E-state index contributed by atoms with van der Waals surface area (Å²) in [5, 5.41) is 2.63. The SMILES string of the molecule is C[C@@H](C(=O)NCCN1C(=O)CSC1=O)[NH+]1CC=C(c2ccccc2)CC1. The lowest BCUT2D eigenvalue weighted by molar-refractivity contribution is -0.909. The van der Waals surface area contributed by atoms with E-state index in [-0.39, 0.29) is 35.4 Å². The van der Waals surface area contributed by atoms with E-state index in [4.69, 9.17) is 0 Å². The van der Waals surface area contributed by atoms with Gasteiger partial charge in [0.15, 0.2) is 6.04 Å². The first-order valence-corrected chi connectivity index (χ1v) is 9.88. The highest BCUT2D eigenvalue weighted by Crippen LogP contribution is 2.18. The van der Waals surface area contributed by atoms with Crippen molar-refractivity contribution in [1.82, 2.24) is 10.2 Å². The molecule has 0 aromatic heterocycles. The Balaban J connectivity index is 1.46. The van der Waals surface area contributed by atoms with Gasteiger partial charge in [-0.3, -0.25) is 19.3 Å². The van der Waals surface area contributed by atoms with Gasteiger partial charge in [0.1, 0.15) is 0 Å². The molecule has 2 heterocycles. The molecule has 3 rings (SSSR count). The summed E-state index contributed by atoms with van der Waals surface area (Å²) < 4.78 is 0. The van der Waals surface area contributed by atoms with Crippen LogP contribution in [0.25, 0.3) is 5.57 Å². The minimum Gasteiger partial charge on any atom is -0.349 e. The quantitative estimate of drug-likeness (QED) is 0.763. The number of quaternary nitrogens is 1. The van der Waals surface area contributed by atoms with Gasteiger partial charge < -0.3 is 10.2 Å². The third kappa shape index (κ3) is 4.34. The molecule has 3 amide bonds. The third-order valence-corrected chi connectivity index (χ3v) is 5.81. The maximum Gasteiger partial charge on any atom is 0.288 e. The molecule has 7 heteroatoms. The monoisotopic (exact) mass is 374 g/mol. The second-order valence-corrected chi connectivity index (χ2v) is 7.50. The Morgan fingerprint density at radius 1 is 1.31 bits per heavy atom. The molecule has 26 heavy (non-hydrogen) atoms. The Labute approximate surface area is 157 Å². The molecule has 1 fully saturated rings. The van der Waals surface area contributed by atoms with Crippen LogP contribution in [0, 0.1) is 0 Å². The Hall–Kier alpha value is -2.12. The van der Waals surface area contributed by atoms with Crippen LogP contribution in [0.5, 0.6) is 0 Å². The van der Waals surface area contributed by atoms with Crippen molar-refractivity contribution in [3.63, 3.8) is 0 Å². The summed E-state index contributed by atoms with van der Waals surface area (Å²) >= 11 is 1.01. The van der Waals surface area contributed by atoms with Gasteiger partial charge in [0, 0.05) is 19.5 Å². The first kappa shape index (κ1) is 18.7. The molecule has 6 nitrogen and oxygen atoms in total. The average molecular weight is 374 g/mol. The lowest BCUT2D eigenvalue weighted by Gasteiger charge is -2.28. The van der Waals surface area contributed by atoms with Crippen molar-refractivity contribution in [3.05, 3.63) is 42.0 Å². The Morgan fingerprint density at radius 3 is 2.69 bits per heavy atom. The van der Waals surface area contributed by atoms with Crippen LogP contribution in [0.2, 0.25) is 0 Å². The highest BCUT2D eigenvalue weighted by molar-refractivity contribution is 8.14. The average Bonchev–Trinajstić information content (AvgIpc) is 3.00. The molecule has 2 aliphatic heterocycles. The van der Waals surface area contributed by atoms with Crippen LogP contribution in [0.3, 0.4) is 0 Å². The zero-order valence-electron chi connectivity index (χ0n) is 14.9. The van der Waals surface area contributed by atoms with Crippen LogP contribution in [0.15, 0.2) is 36.4 Å². The Bertz CT molecular complexity index is 704. The largest absolute Gasteiger partial charge is 0.349 e. The molecule has 0 spiro atoms. The van der Waals surface area contributed by atoms with Crippen LogP contribution in [0.1, 0.15) is 18.9 Å². The van der Waals surface area contributed by atoms with Crippen LogP contribution >= 0.6 is 11.8 Å². The smallest absolute Gasteiger partial charge is 0.288 e.